The molecule has 1 atom stereocenters. The van der Waals surface area contributed by atoms with E-state index in [4.69, 9.17) is 0 Å². The van der Waals surface area contributed by atoms with Crippen molar-refractivity contribution in [2.24, 2.45) is 4.99 Å². The number of aliphatic imine (C=N–C) groups is 1. The first kappa shape index (κ1) is 20.2. The standard InChI is InChI=1S/C19H35N5S/c1-5-17-8-6-7-12-24(17)13-11-22-19(20-4)21-10-9-16-14-25-18(23-16)15(2)3/h14-15,17H,5-13H2,1-4H3,(H2,20,21,22). The highest BCUT2D eigenvalue weighted by atomic mass is 32.1. The molecule has 2 rings (SSSR count). The second-order valence-corrected chi connectivity index (χ2v) is 7.99. The summed E-state index contributed by atoms with van der Waals surface area (Å²) in [7, 11) is 1.84. The molecular formula is C19H35N5S. The number of rotatable bonds is 8. The Kier molecular flexibility index (Phi) is 8.68. The van der Waals surface area contributed by atoms with Crippen LogP contribution in [-0.4, -0.2) is 55.1 Å². The molecule has 0 spiro atoms. The average Bonchev–Trinajstić information content (AvgIpc) is 3.10. The van der Waals surface area contributed by atoms with Gasteiger partial charge in [-0.3, -0.25) is 9.89 Å². The number of guanidine groups is 1. The summed E-state index contributed by atoms with van der Waals surface area (Å²) in [6, 6.07) is 0.769. The van der Waals surface area contributed by atoms with Crippen molar-refractivity contribution >= 4 is 17.3 Å². The van der Waals surface area contributed by atoms with E-state index in [-0.39, 0.29) is 0 Å². The largest absolute Gasteiger partial charge is 0.356 e. The Hall–Kier alpha value is -1.14. The minimum absolute atomic E-state index is 0.517. The fourth-order valence-electron chi connectivity index (χ4n) is 3.37. The van der Waals surface area contributed by atoms with E-state index >= 15 is 0 Å². The van der Waals surface area contributed by atoms with Crippen LogP contribution in [-0.2, 0) is 6.42 Å². The third-order valence-electron chi connectivity index (χ3n) is 4.87. The molecule has 1 aliphatic heterocycles. The lowest BCUT2D eigenvalue weighted by molar-refractivity contribution is 0.147. The number of hydrogen-bond donors (Lipinski definition) is 2. The van der Waals surface area contributed by atoms with Crippen LogP contribution in [0, 0.1) is 0 Å². The van der Waals surface area contributed by atoms with E-state index in [0.29, 0.717) is 5.92 Å². The molecule has 2 N–H and O–H groups in total. The third kappa shape index (κ3) is 6.59. The van der Waals surface area contributed by atoms with Crippen LogP contribution in [0.3, 0.4) is 0 Å². The molecule has 1 unspecified atom stereocenters. The molecule has 5 nitrogen and oxygen atoms in total. The maximum absolute atomic E-state index is 4.69. The van der Waals surface area contributed by atoms with E-state index < -0.39 is 0 Å². The lowest BCUT2D eigenvalue weighted by atomic mass is 10.0. The van der Waals surface area contributed by atoms with Gasteiger partial charge < -0.3 is 10.6 Å². The van der Waals surface area contributed by atoms with Gasteiger partial charge in [-0.15, -0.1) is 11.3 Å². The molecule has 0 bridgehead atoms. The Morgan fingerprint density at radius 3 is 2.84 bits per heavy atom. The first-order chi connectivity index (χ1) is 12.1. The monoisotopic (exact) mass is 365 g/mol. The molecule has 0 saturated carbocycles. The zero-order chi connectivity index (χ0) is 18.1. The second-order valence-electron chi connectivity index (χ2n) is 7.10. The number of hydrogen-bond acceptors (Lipinski definition) is 4. The van der Waals surface area contributed by atoms with E-state index in [1.165, 1.54) is 42.9 Å². The molecule has 1 aromatic heterocycles. The number of aromatic nitrogens is 1. The highest BCUT2D eigenvalue weighted by Crippen LogP contribution is 2.19. The molecule has 1 saturated heterocycles. The Bertz CT molecular complexity index is 526. The molecule has 25 heavy (non-hydrogen) atoms. The van der Waals surface area contributed by atoms with Gasteiger partial charge in [-0.1, -0.05) is 27.2 Å². The van der Waals surface area contributed by atoms with Crippen LogP contribution in [0.2, 0.25) is 0 Å². The minimum Gasteiger partial charge on any atom is -0.356 e. The molecule has 0 aromatic carbocycles. The Morgan fingerprint density at radius 2 is 2.16 bits per heavy atom. The molecule has 1 aliphatic rings. The van der Waals surface area contributed by atoms with E-state index in [0.717, 1.165) is 38.1 Å². The van der Waals surface area contributed by atoms with Crippen molar-refractivity contribution in [1.29, 1.82) is 0 Å². The van der Waals surface area contributed by atoms with Gasteiger partial charge >= 0.3 is 0 Å². The maximum atomic E-state index is 4.69. The van der Waals surface area contributed by atoms with E-state index in [1.807, 2.05) is 7.05 Å². The van der Waals surface area contributed by atoms with Gasteiger partial charge in [0.25, 0.3) is 0 Å². The first-order valence-electron chi connectivity index (χ1n) is 9.76. The van der Waals surface area contributed by atoms with Crippen molar-refractivity contribution in [3.8, 4) is 0 Å². The van der Waals surface area contributed by atoms with E-state index in [9.17, 15) is 0 Å². The summed E-state index contributed by atoms with van der Waals surface area (Å²) in [5, 5.41) is 10.3. The molecule has 6 heteroatoms. The summed E-state index contributed by atoms with van der Waals surface area (Å²) in [5.74, 6) is 1.41. The highest BCUT2D eigenvalue weighted by Gasteiger charge is 2.19. The van der Waals surface area contributed by atoms with E-state index in [2.05, 4.69) is 51.7 Å². The van der Waals surface area contributed by atoms with E-state index in [1.54, 1.807) is 11.3 Å². The van der Waals surface area contributed by atoms with Gasteiger partial charge in [-0.2, -0.15) is 0 Å². The van der Waals surface area contributed by atoms with Crippen molar-refractivity contribution in [2.75, 3.05) is 33.2 Å². The van der Waals surface area contributed by atoms with Crippen LogP contribution < -0.4 is 10.6 Å². The highest BCUT2D eigenvalue weighted by molar-refractivity contribution is 7.09. The number of nitrogens with zero attached hydrogens (tertiary/aromatic N) is 3. The molecule has 2 heterocycles. The van der Waals surface area contributed by atoms with Crippen LogP contribution in [0.15, 0.2) is 10.4 Å². The van der Waals surface area contributed by atoms with Crippen LogP contribution in [0.1, 0.15) is 63.1 Å². The Morgan fingerprint density at radius 1 is 1.36 bits per heavy atom. The lowest BCUT2D eigenvalue weighted by Crippen LogP contribution is -2.46. The Balaban J connectivity index is 1.66. The summed E-state index contributed by atoms with van der Waals surface area (Å²) < 4.78 is 0. The molecule has 1 fully saturated rings. The molecule has 0 amide bonds. The fraction of sp³-hybridized carbons (Fsp3) is 0.789. The third-order valence-corrected chi connectivity index (χ3v) is 6.07. The van der Waals surface area contributed by atoms with Gasteiger partial charge in [0.15, 0.2) is 5.96 Å². The summed E-state index contributed by atoms with van der Waals surface area (Å²) >= 11 is 1.76. The normalized spacial score (nSPS) is 19.4. The van der Waals surface area contributed by atoms with Crippen molar-refractivity contribution in [1.82, 2.24) is 20.5 Å². The van der Waals surface area contributed by atoms with Gasteiger partial charge in [0.05, 0.1) is 10.7 Å². The van der Waals surface area contributed by atoms with Gasteiger partial charge in [-0.25, -0.2) is 4.98 Å². The van der Waals surface area contributed by atoms with Crippen LogP contribution in [0.5, 0.6) is 0 Å². The van der Waals surface area contributed by atoms with Gasteiger partial charge in [-0.05, 0) is 25.8 Å². The van der Waals surface area contributed by atoms with Crippen molar-refractivity contribution < 1.29 is 0 Å². The molecular weight excluding hydrogens is 330 g/mol. The zero-order valence-corrected chi connectivity index (χ0v) is 17.2. The predicted molar refractivity (Wildman–Crippen MR) is 109 cm³/mol. The summed E-state index contributed by atoms with van der Waals surface area (Å²) in [6.07, 6.45) is 6.29. The summed E-state index contributed by atoms with van der Waals surface area (Å²) in [6.45, 7) is 10.8. The van der Waals surface area contributed by atoms with Crippen molar-refractivity contribution in [3.63, 3.8) is 0 Å². The topological polar surface area (TPSA) is 52.5 Å². The van der Waals surface area contributed by atoms with Gasteiger partial charge in [0.1, 0.15) is 0 Å². The van der Waals surface area contributed by atoms with Crippen molar-refractivity contribution in [2.45, 2.75) is 64.8 Å². The van der Waals surface area contributed by atoms with Crippen molar-refractivity contribution in [3.05, 3.63) is 16.1 Å². The summed E-state index contributed by atoms with van der Waals surface area (Å²) in [4.78, 5) is 11.6. The summed E-state index contributed by atoms with van der Waals surface area (Å²) in [5.41, 5.74) is 1.18. The molecule has 0 aliphatic carbocycles. The van der Waals surface area contributed by atoms with Crippen LogP contribution in [0.4, 0.5) is 0 Å². The van der Waals surface area contributed by atoms with Crippen LogP contribution >= 0.6 is 11.3 Å². The predicted octanol–water partition coefficient (Wildman–Crippen LogP) is 3.24. The lowest BCUT2D eigenvalue weighted by Gasteiger charge is -2.35. The molecule has 142 valence electrons. The van der Waals surface area contributed by atoms with Crippen LogP contribution in [0.25, 0.3) is 0 Å². The number of nitrogens with one attached hydrogen (secondary N) is 2. The maximum Gasteiger partial charge on any atom is 0.191 e. The quantitative estimate of drug-likeness (QED) is 0.548. The number of likely N-dealkylation sites (tertiary alicyclic amines) is 1. The zero-order valence-electron chi connectivity index (χ0n) is 16.3. The smallest absolute Gasteiger partial charge is 0.191 e. The van der Waals surface area contributed by atoms with Gasteiger partial charge in [0.2, 0.25) is 0 Å². The average molecular weight is 366 g/mol. The number of thiazole rings is 1. The minimum atomic E-state index is 0.517. The SMILES string of the molecule is CCC1CCCCN1CCNC(=NC)NCCc1csc(C(C)C)n1. The second kappa shape index (κ2) is 10.8. The molecule has 0 radical (unpaired) electrons. The fourth-order valence-corrected chi connectivity index (χ4v) is 4.24. The molecule has 1 aromatic rings. The first-order valence-corrected chi connectivity index (χ1v) is 10.6. The Labute approximate surface area is 157 Å². The number of piperidine rings is 1. The van der Waals surface area contributed by atoms with Gasteiger partial charge in [0, 0.05) is 50.4 Å².